The molecule has 0 fully saturated rings. The molecule has 3 aromatic heterocycles. The average molecular weight is 930 g/mol. The Hall–Kier alpha value is -7.33. The Kier molecular flexibility index (Phi) is 20.9. The molecular formula is C50H65ClN14O2. The molecule has 16 nitrogen and oxygen atoms in total. The van der Waals surface area contributed by atoms with Gasteiger partial charge < -0.3 is 28.3 Å². The molecule has 9 N–H and O–H groups in total. The number of benzene rings is 2. The first-order valence-electron chi connectivity index (χ1n) is 21.5. The summed E-state index contributed by atoms with van der Waals surface area (Å²) in [7, 11) is 3.49. The number of nitrogens with zero attached hydrogens (tertiary/aromatic N) is 9. The minimum atomic E-state index is -0.261. The van der Waals surface area contributed by atoms with Crippen molar-refractivity contribution in [2.24, 2.45) is 39.2 Å². The first kappa shape index (κ1) is 54.0. The van der Waals surface area contributed by atoms with Crippen LogP contribution in [0.5, 0.6) is 0 Å². The summed E-state index contributed by atoms with van der Waals surface area (Å²) in [5, 5.41) is 7.06. The molecule has 0 aliphatic carbocycles. The van der Waals surface area contributed by atoms with E-state index in [0.29, 0.717) is 54.2 Å². The van der Waals surface area contributed by atoms with E-state index in [4.69, 9.17) is 34.5 Å². The Morgan fingerprint density at radius 3 is 1.60 bits per heavy atom. The molecule has 0 bridgehead atoms. The summed E-state index contributed by atoms with van der Waals surface area (Å²) in [5.74, 6) is 0.380. The van der Waals surface area contributed by atoms with Gasteiger partial charge in [-0.25, -0.2) is 19.9 Å². The molecule has 0 saturated heterocycles. The van der Waals surface area contributed by atoms with Crippen molar-refractivity contribution >= 4 is 53.4 Å². The van der Waals surface area contributed by atoms with Crippen molar-refractivity contribution in [2.75, 3.05) is 18.1 Å². The normalized spacial score (nSPS) is 12.5. The third kappa shape index (κ3) is 19.4. The van der Waals surface area contributed by atoms with Gasteiger partial charge in [0.25, 0.3) is 0 Å². The maximum atomic E-state index is 12.6. The number of nitrogens with one attached hydrogen (secondary N) is 1. The van der Waals surface area contributed by atoms with Crippen molar-refractivity contribution in [3.63, 3.8) is 0 Å². The first-order valence-corrected chi connectivity index (χ1v) is 21.9. The van der Waals surface area contributed by atoms with Crippen LogP contribution in [0, 0.1) is 13.8 Å². The Morgan fingerprint density at radius 2 is 1.22 bits per heavy atom. The molecule has 354 valence electrons. The van der Waals surface area contributed by atoms with Gasteiger partial charge in [-0.2, -0.15) is 5.10 Å². The summed E-state index contributed by atoms with van der Waals surface area (Å²) in [4.78, 5) is 54.6. The van der Waals surface area contributed by atoms with Gasteiger partial charge in [-0.3, -0.25) is 29.2 Å². The van der Waals surface area contributed by atoms with E-state index in [-0.39, 0.29) is 27.9 Å². The number of hydrogen-bond acceptors (Lipinski definition) is 15. The van der Waals surface area contributed by atoms with Gasteiger partial charge in [-0.15, -0.1) is 0 Å². The van der Waals surface area contributed by atoms with Gasteiger partial charge in [-0.1, -0.05) is 24.3 Å². The number of carbonyl (C=O) groups is 2. The van der Waals surface area contributed by atoms with Gasteiger partial charge in [0.15, 0.2) is 11.6 Å². The number of ketones is 2. The fraction of sp³-hybridized carbons (Fsp3) is 0.320. The van der Waals surface area contributed by atoms with Gasteiger partial charge in [0, 0.05) is 93.9 Å². The van der Waals surface area contributed by atoms with Crippen LogP contribution < -0.4 is 28.3 Å². The monoisotopic (exact) mass is 929 g/mol. The van der Waals surface area contributed by atoms with E-state index in [2.05, 4.69) is 51.4 Å². The molecule has 5 aromatic rings. The summed E-state index contributed by atoms with van der Waals surface area (Å²) in [6.45, 7) is 15.9. The van der Waals surface area contributed by atoms with E-state index in [0.717, 1.165) is 44.8 Å². The third-order valence-corrected chi connectivity index (χ3v) is 9.60. The van der Waals surface area contributed by atoms with Crippen molar-refractivity contribution in [1.82, 2.24) is 29.7 Å². The molecule has 67 heavy (non-hydrogen) atoms. The molecule has 0 spiro atoms. The van der Waals surface area contributed by atoms with Gasteiger partial charge in [-0.05, 0) is 126 Å². The molecule has 17 heteroatoms. The molecule has 0 saturated carbocycles. The van der Waals surface area contributed by atoms with E-state index >= 15 is 0 Å². The van der Waals surface area contributed by atoms with Crippen LogP contribution in [0.25, 0.3) is 22.5 Å². The SMILES string of the molecule is CN=CC(=CN)Nc1nccc(-c2ccc(CCC(=O)C(C=NC(C)(C)C)=CN)c(C)c2)n1.Cc1cc(-c2ccnc(Cl)n2)ccc1CCC(=O)C(C=NC(C)(C)C)=CN.Cn1cc(N)cn1. The zero-order valence-electron chi connectivity index (χ0n) is 40.2. The Labute approximate surface area is 399 Å². The minimum absolute atomic E-state index is 0.0171. The molecule has 2 aromatic carbocycles. The average Bonchev–Trinajstić information content (AvgIpc) is 3.66. The van der Waals surface area contributed by atoms with E-state index < -0.39 is 0 Å². The number of carbonyl (C=O) groups excluding carboxylic acids is 2. The summed E-state index contributed by atoms with van der Waals surface area (Å²) in [6, 6.07) is 15.8. The van der Waals surface area contributed by atoms with Gasteiger partial charge >= 0.3 is 0 Å². The molecule has 0 atom stereocenters. The number of aliphatic imine (C=N–C) groups is 3. The Morgan fingerprint density at radius 1 is 0.731 bits per heavy atom. The van der Waals surface area contributed by atoms with Crippen LogP contribution in [-0.2, 0) is 29.5 Å². The fourth-order valence-corrected chi connectivity index (χ4v) is 6.05. The van der Waals surface area contributed by atoms with Crippen LogP contribution in [0.4, 0.5) is 11.6 Å². The zero-order valence-corrected chi connectivity index (χ0v) is 41.0. The number of hydrogen-bond donors (Lipinski definition) is 5. The topological polar surface area (TPSA) is 257 Å². The van der Waals surface area contributed by atoms with Crippen LogP contribution in [0.3, 0.4) is 0 Å². The molecule has 0 amide bonds. The molecule has 3 heterocycles. The number of rotatable bonds is 15. The number of nitrogen functional groups attached to an aromatic ring is 1. The first-order chi connectivity index (χ1) is 31.6. The smallest absolute Gasteiger partial charge is 0.227 e. The second kappa shape index (κ2) is 26.0. The van der Waals surface area contributed by atoms with Crippen LogP contribution in [-0.4, -0.2) is 78.1 Å². The summed E-state index contributed by atoms with van der Waals surface area (Å²) < 4.78 is 1.66. The fourth-order valence-electron chi connectivity index (χ4n) is 5.90. The maximum Gasteiger partial charge on any atom is 0.227 e. The molecule has 0 aliphatic heterocycles. The predicted molar refractivity (Wildman–Crippen MR) is 275 cm³/mol. The molecular weight excluding hydrogens is 864 g/mol. The highest BCUT2D eigenvalue weighted by Crippen LogP contribution is 2.24. The second-order valence-electron chi connectivity index (χ2n) is 17.3. The highest BCUT2D eigenvalue weighted by atomic mass is 35.5. The van der Waals surface area contributed by atoms with Crippen molar-refractivity contribution in [1.29, 1.82) is 0 Å². The largest absolute Gasteiger partial charge is 0.404 e. The standard InChI is InChI=1S/C25H33N7O.C21H25ClN4O.C4H7N3/c1-17-12-19(22-10-11-29-24(32-22)31-21(14-27)16-28-5)7-6-18(17)8-9-23(33)20(13-26)15-30-25(2,3)4;1-14-11-16(18-9-10-24-20(22)26-18)6-5-15(14)7-8-19(27)17(12-23)13-25-21(2,3)4;1-7-3-4(5)2-6-7/h6-7,10-16H,8-9,26-27H2,1-5H3,(H,29,31,32);5-6,9-13H,7-8,23H2,1-4H3;2-3H,5H2,1H3. The highest BCUT2D eigenvalue weighted by Gasteiger charge is 2.14. The third-order valence-electron chi connectivity index (χ3n) is 9.41. The Balaban J connectivity index is 0.000000313. The second-order valence-corrected chi connectivity index (χ2v) is 17.6. The number of Topliss-reactive ketones (excluding diaryl/α,β-unsaturated/α-hetero) is 2. The van der Waals surface area contributed by atoms with Gasteiger partial charge in [0.1, 0.15) is 0 Å². The predicted octanol–water partition coefficient (Wildman–Crippen LogP) is 7.90. The summed E-state index contributed by atoms with van der Waals surface area (Å²) in [6.07, 6.45) is 17.4. The lowest BCUT2D eigenvalue weighted by Crippen LogP contribution is -2.13. The van der Waals surface area contributed by atoms with Crippen molar-refractivity contribution in [3.05, 3.63) is 136 Å². The molecule has 5 rings (SSSR count). The van der Waals surface area contributed by atoms with Gasteiger partial charge in [0.05, 0.1) is 51.2 Å². The van der Waals surface area contributed by atoms with Gasteiger partial charge in [0.2, 0.25) is 11.2 Å². The minimum Gasteiger partial charge on any atom is -0.404 e. The maximum absolute atomic E-state index is 12.6. The van der Waals surface area contributed by atoms with E-state index in [1.807, 2.05) is 105 Å². The number of nitrogens with two attached hydrogens (primary N) is 4. The van der Waals surface area contributed by atoms with Crippen molar-refractivity contribution in [2.45, 2.75) is 92.2 Å². The van der Waals surface area contributed by atoms with Crippen LogP contribution >= 0.6 is 11.6 Å². The van der Waals surface area contributed by atoms with Crippen molar-refractivity contribution in [3.8, 4) is 22.5 Å². The highest BCUT2D eigenvalue weighted by molar-refractivity contribution is 6.28. The van der Waals surface area contributed by atoms with Crippen LogP contribution in [0.15, 0.2) is 124 Å². The number of halogens is 1. The quantitative estimate of drug-likeness (QED) is 0.0381. The molecule has 0 aliphatic rings. The summed E-state index contributed by atoms with van der Waals surface area (Å²) >= 11 is 5.86. The van der Waals surface area contributed by atoms with Crippen LogP contribution in [0.1, 0.15) is 76.6 Å². The number of aryl methyl sites for hydroxylation is 5. The lowest BCUT2D eigenvalue weighted by molar-refractivity contribution is -0.115. The lowest BCUT2D eigenvalue weighted by Gasteiger charge is -2.12. The van der Waals surface area contributed by atoms with E-state index in [1.54, 1.807) is 55.2 Å². The van der Waals surface area contributed by atoms with E-state index in [1.165, 1.54) is 18.6 Å². The van der Waals surface area contributed by atoms with Crippen molar-refractivity contribution < 1.29 is 9.59 Å². The molecule has 0 radical (unpaired) electrons. The Bertz CT molecular complexity index is 2610. The number of allylic oxidation sites excluding steroid dienone is 3. The number of anilines is 2. The lowest BCUT2D eigenvalue weighted by atomic mass is 9.97. The number of aromatic nitrogens is 6. The summed E-state index contributed by atoms with van der Waals surface area (Å²) in [5.41, 5.74) is 31.6. The van der Waals surface area contributed by atoms with E-state index in [9.17, 15) is 9.59 Å². The van der Waals surface area contributed by atoms with Crippen LogP contribution in [0.2, 0.25) is 5.28 Å². The zero-order chi connectivity index (χ0) is 49.7. The molecule has 0 unspecified atom stereocenters.